The zero-order chi connectivity index (χ0) is 33.7. The van der Waals surface area contributed by atoms with Crippen molar-refractivity contribution in [2.75, 3.05) is 16.8 Å². The van der Waals surface area contributed by atoms with Crippen LogP contribution in [0.4, 0.5) is 17.3 Å². The molecule has 0 N–H and O–H groups in total. The molecule has 9 aromatic rings. The van der Waals surface area contributed by atoms with Crippen LogP contribution in [0.15, 0.2) is 114 Å². The van der Waals surface area contributed by atoms with Gasteiger partial charge in [-0.15, -0.1) is 53.7 Å². The standard InChI is InChI=1S/C43H31N4O2S.Pt/c1-43(2,3)26-20-21-44-38(22-26)47-34-24-29(16-17-30(34)31-18-19-37-39(40(31)47)33-13-6-8-15-36(33)50-37)48-28-11-9-10-27(23-28)46-25-45(4)41-32-12-5-7-14-35(32)49-42(41)46;/h5-22,25H,1-4H3;/q-3;. The van der Waals surface area contributed by atoms with Crippen molar-refractivity contribution in [1.29, 1.82) is 0 Å². The van der Waals surface area contributed by atoms with Crippen molar-refractivity contribution in [3.05, 3.63) is 134 Å². The van der Waals surface area contributed by atoms with E-state index in [1.807, 2.05) is 78.6 Å². The van der Waals surface area contributed by atoms with E-state index in [1.54, 1.807) is 0 Å². The van der Waals surface area contributed by atoms with Gasteiger partial charge in [0.1, 0.15) is 11.4 Å². The first-order chi connectivity index (χ1) is 24.3. The zero-order valence-corrected chi connectivity index (χ0v) is 31.4. The summed E-state index contributed by atoms with van der Waals surface area (Å²) in [6.07, 6.45) is 1.92. The second-order valence-corrected chi connectivity index (χ2v) is 14.9. The fourth-order valence-electron chi connectivity index (χ4n) is 7.25. The predicted octanol–water partition coefficient (Wildman–Crippen LogP) is 11.7. The van der Waals surface area contributed by atoms with Crippen LogP contribution in [0.5, 0.6) is 11.5 Å². The Morgan fingerprint density at radius 3 is 2.43 bits per heavy atom. The number of hydrogen-bond acceptors (Lipinski definition) is 6. The summed E-state index contributed by atoms with van der Waals surface area (Å²) >= 11 is 1.82. The molecule has 0 radical (unpaired) electrons. The Morgan fingerprint density at radius 2 is 1.57 bits per heavy atom. The van der Waals surface area contributed by atoms with Gasteiger partial charge in [-0.1, -0.05) is 68.4 Å². The smallest absolute Gasteiger partial charge is 0.192 e. The first kappa shape index (κ1) is 31.8. The average Bonchev–Trinajstić information content (AvgIpc) is 3.86. The number of nitrogens with zero attached hydrogens (tertiary/aromatic N) is 4. The fourth-order valence-corrected chi connectivity index (χ4v) is 8.35. The third kappa shape index (κ3) is 4.97. The van der Waals surface area contributed by atoms with Crippen molar-refractivity contribution in [3.63, 3.8) is 0 Å². The number of thiophene rings is 1. The molecule has 51 heavy (non-hydrogen) atoms. The molecule has 254 valence electrons. The first-order valence-electron chi connectivity index (χ1n) is 16.7. The maximum absolute atomic E-state index is 6.54. The number of pyridine rings is 1. The van der Waals surface area contributed by atoms with E-state index in [1.165, 1.54) is 25.7 Å². The molecule has 0 aliphatic carbocycles. The molecule has 5 heterocycles. The van der Waals surface area contributed by atoms with Crippen LogP contribution in [0.3, 0.4) is 0 Å². The van der Waals surface area contributed by atoms with E-state index in [2.05, 4.69) is 103 Å². The molecule has 0 spiro atoms. The van der Waals surface area contributed by atoms with Crippen LogP contribution in [0.1, 0.15) is 26.3 Å². The number of rotatable bonds is 4. The number of fused-ring (bicyclic) bond motifs is 10. The van der Waals surface area contributed by atoms with Gasteiger partial charge in [-0.25, -0.2) is 4.98 Å². The molecular weight excluding hydrogens is 832 g/mol. The second-order valence-electron chi connectivity index (χ2n) is 13.9. The minimum absolute atomic E-state index is 0. The Morgan fingerprint density at radius 1 is 0.784 bits per heavy atom. The van der Waals surface area contributed by atoms with Crippen molar-refractivity contribution in [3.8, 4) is 17.3 Å². The van der Waals surface area contributed by atoms with Crippen molar-refractivity contribution >= 4 is 81.5 Å². The van der Waals surface area contributed by atoms with E-state index >= 15 is 0 Å². The number of hydrogen-bond donors (Lipinski definition) is 0. The predicted molar refractivity (Wildman–Crippen MR) is 205 cm³/mol. The van der Waals surface area contributed by atoms with Crippen molar-refractivity contribution in [1.82, 2.24) is 9.55 Å². The Bertz CT molecular complexity index is 2810. The van der Waals surface area contributed by atoms with E-state index in [0.29, 0.717) is 11.5 Å². The molecule has 10 rings (SSSR count). The zero-order valence-electron chi connectivity index (χ0n) is 28.3. The summed E-state index contributed by atoms with van der Waals surface area (Å²) in [5, 5.41) is 5.80. The summed E-state index contributed by atoms with van der Waals surface area (Å²) in [4.78, 5) is 9.05. The number of aromatic nitrogens is 2. The molecule has 0 atom stereocenters. The van der Waals surface area contributed by atoms with Crippen LogP contribution in [0.25, 0.3) is 58.8 Å². The summed E-state index contributed by atoms with van der Waals surface area (Å²) in [5.74, 6) is 2.80. The summed E-state index contributed by atoms with van der Waals surface area (Å²) in [6.45, 7) is 8.72. The van der Waals surface area contributed by atoms with Crippen LogP contribution in [-0.2, 0) is 26.5 Å². The van der Waals surface area contributed by atoms with Crippen LogP contribution in [-0.4, -0.2) is 16.6 Å². The van der Waals surface area contributed by atoms with E-state index in [0.717, 1.165) is 55.9 Å². The largest absolute Gasteiger partial charge is 0.509 e. The van der Waals surface area contributed by atoms with Gasteiger partial charge in [0.2, 0.25) is 0 Å². The molecule has 0 saturated carbocycles. The molecule has 1 aliphatic heterocycles. The maximum Gasteiger partial charge on any atom is 0.192 e. The summed E-state index contributed by atoms with van der Waals surface area (Å²) in [7, 11) is 2.03. The van der Waals surface area contributed by atoms with Crippen molar-refractivity contribution < 1.29 is 30.2 Å². The fraction of sp³-hybridized carbons (Fsp3) is 0.116. The molecule has 0 amide bonds. The number of furan rings is 1. The molecule has 1 aliphatic rings. The molecule has 0 bridgehead atoms. The second kappa shape index (κ2) is 11.7. The quantitative estimate of drug-likeness (QED) is 0.165. The van der Waals surface area contributed by atoms with E-state index in [4.69, 9.17) is 14.1 Å². The third-order valence-corrected chi connectivity index (χ3v) is 10.8. The average molecular weight is 863 g/mol. The monoisotopic (exact) mass is 862 g/mol. The van der Waals surface area contributed by atoms with E-state index in [9.17, 15) is 0 Å². The summed E-state index contributed by atoms with van der Waals surface area (Å²) in [5.41, 5.74) is 5.92. The van der Waals surface area contributed by atoms with Gasteiger partial charge in [0.25, 0.3) is 0 Å². The Balaban J connectivity index is 0.00000348. The molecule has 4 aromatic heterocycles. The first-order valence-corrected chi connectivity index (χ1v) is 17.5. The molecule has 0 fully saturated rings. The number of anilines is 3. The molecular formula is C43H31N4O2PtS-3. The number of para-hydroxylation sites is 1. The molecule has 5 aromatic carbocycles. The van der Waals surface area contributed by atoms with Crippen LogP contribution in [0.2, 0.25) is 0 Å². The topological polar surface area (TPSA) is 46.7 Å². The minimum atomic E-state index is -0.0373. The van der Waals surface area contributed by atoms with Gasteiger partial charge in [0, 0.05) is 64.3 Å². The number of ether oxygens (including phenoxy) is 1. The van der Waals surface area contributed by atoms with Gasteiger partial charge in [0.15, 0.2) is 5.88 Å². The van der Waals surface area contributed by atoms with Gasteiger partial charge < -0.3 is 23.5 Å². The van der Waals surface area contributed by atoms with Gasteiger partial charge >= 0.3 is 0 Å². The van der Waals surface area contributed by atoms with Gasteiger partial charge in [-0.2, -0.15) is 12.1 Å². The van der Waals surface area contributed by atoms with Crippen LogP contribution < -0.4 is 14.5 Å². The molecule has 6 nitrogen and oxygen atoms in total. The molecule has 0 saturated heterocycles. The SMILES string of the molecule is CN1[CH-]N(c2[c-]c(Oc3[c-]c4c(cc3)c3ccc5sc6ccccc6c5c3n4-c3cc(C(C)(C)C)ccn3)ccc2)c2oc3ccccc3c21.[Pt]. The summed E-state index contributed by atoms with van der Waals surface area (Å²) in [6, 6.07) is 42.7. The third-order valence-electron chi connectivity index (χ3n) is 9.64. The Labute approximate surface area is 313 Å². The normalized spacial score (nSPS) is 13.2. The maximum atomic E-state index is 6.54. The number of benzene rings is 5. The molecule has 0 unspecified atom stereocenters. The Kier molecular flexibility index (Phi) is 7.32. The summed E-state index contributed by atoms with van der Waals surface area (Å²) < 4.78 is 17.6. The van der Waals surface area contributed by atoms with E-state index in [-0.39, 0.29) is 26.5 Å². The van der Waals surface area contributed by atoms with Crippen LogP contribution in [0, 0.1) is 18.8 Å². The Hall–Kier alpha value is -5.10. The van der Waals surface area contributed by atoms with Gasteiger partial charge in [0.05, 0.1) is 11.2 Å². The van der Waals surface area contributed by atoms with E-state index < -0.39 is 0 Å². The van der Waals surface area contributed by atoms with Crippen molar-refractivity contribution in [2.24, 2.45) is 0 Å². The van der Waals surface area contributed by atoms with Gasteiger partial charge in [-0.3, -0.25) is 0 Å². The van der Waals surface area contributed by atoms with Crippen molar-refractivity contribution in [2.45, 2.75) is 26.2 Å². The van der Waals surface area contributed by atoms with Crippen LogP contribution >= 0.6 is 11.3 Å². The van der Waals surface area contributed by atoms with Gasteiger partial charge in [-0.05, 0) is 59.8 Å². The molecule has 8 heteroatoms. The minimum Gasteiger partial charge on any atom is -0.509 e.